The highest BCUT2D eigenvalue weighted by atomic mass is 15.0. The van der Waals surface area contributed by atoms with Crippen LogP contribution < -0.4 is 0 Å². The second-order valence-electron chi connectivity index (χ2n) is 13.3. The van der Waals surface area contributed by atoms with Crippen LogP contribution in [0.2, 0.25) is 0 Å². The molecule has 1 heterocycles. The topological polar surface area (TPSA) is 38.7 Å². The molecule has 0 radical (unpaired) electrons. The lowest BCUT2D eigenvalue weighted by Crippen LogP contribution is -2.00. The monoisotopic (exact) mass is 692 g/mol. The molecule has 10 aromatic rings. The first-order chi connectivity index (χ1) is 28.8. The summed E-state index contributed by atoms with van der Waals surface area (Å²) in [6.45, 7) is 0. The van der Waals surface area contributed by atoms with E-state index in [0.717, 1.165) is 49.4 Å². The maximum Gasteiger partial charge on any atom is 0.164 e. The molecule has 54 heavy (non-hydrogen) atoms. The normalized spacial score (nSPS) is 12.6. The minimum Gasteiger partial charge on any atom is -0.208 e. The van der Waals surface area contributed by atoms with Crippen molar-refractivity contribution in [2.75, 3.05) is 0 Å². The molecule has 0 spiro atoms. The summed E-state index contributed by atoms with van der Waals surface area (Å²) >= 11 is 0. The average molecular weight is 693 g/mol. The van der Waals surface area contributed by atoms with Gasteiger partial charge in [-0.05, 0) is 90.0 Å². The minimum atomic E-state index is -0.410. The quantitative estimate of drug-likeness (QED) is 0.174. The number of hydrogen-bond acceptors (Lipinski definition) is 3. The molecule has 0 saturated heterocycles. The number of nitrogens with zero attached hydrogens (tertiary/aromatic N) is 3. The van der Waals surface area contributed by atoms with Crippen LogP contribution in [-0.4, -0.2) is 15.0 Å². The summed E-state index contributed by atoms with van der Waals surface area (Å²) in [7, 11) is 0. The van der Waals surface area contributed by atoms with E-state index in [0.29, 0.717) is 23.0 Å². The van der Waals surface area contributed by atoms with Crippen LogP contribution in [0.5, 0.6) is 0 Å². The van der Waals surface area contributed by atoms with Crippen LogP contribution in [0, 0.1) is 0 Å². The van der Waals surface area contributed by atoms with Crippen molar-refractivity contribution in [2.45, 2.75) is 0 Å². The molecule has 3 heteroatoms. The number of hydrogen-bond donors (Lipinski definition) is 0. The number of aromatic nitrogens is 3. The first-order valence-corrected chi connectivity index (χ1v) is 17.9. The highest BCUT2D eigenvalue weighted by molar-refractivity contribution is 6.02. The summed E-state index contributed by atoms with van der Waals surface area (Å²) < 4.78 is 41.2. The van der Waals surface area contributed by atoms with Gasteiger partial charge in [0, 0.05) is 16.7 Å². The Morgan fingerprint density at radius 3 is 1.57 bits per heavy atom. The molecule has 0 amide bonds. The van der Waals surface area contributed by atoms with Crippen LogP contribution in [0.4, 0.5) is 0 Å². The highest BCUT2D eigenvalue weighted by Crippen LogP contribution is 2.36. The van der Waals surface area contributed by atoms with Gasteiger partial charge >= 0.3 is 0 Å². The number of rotatable bonds is 6. The Morgan fingerprint density at radius 1 is 0.296 bits per heavy atom. The van der Waals surface area contributed by atoms with Crippen LogP contribution in [0.1, 0.15) is 6.85 Å². The number of fused-ring (bicyclic) bond motifs is 3. The standard InChI is InChI=1S/C51H33N3/c1-3-12-34(13-4-1)37-24-25-39-31-44(27-26-38(39)30-37)51-53-49(36-15-5-2-6-16-36)52-50(54-51)43-20-9-18-41(33-43)46-23-11-19-40-32-42(28-29-48(40)46)47-22-10-17-35-14-7-8-21-45(35)47/h1-33H/i1D,3D,4D,12D,13D. The lowest BCUT2D eigenvalue weighted by atomic mass is 9.93. The van der Waals surface area contributed by atoms with Crippen LogP contribution in [-0.2, 0) is 0 Å². The molecule has 0 fully saturated rings. The summed E-state index contributed by atoms with van der Waals surface area (Å²) in [6, 6.07) is 56.2. The Morgan fingerprint density at radius 2 is 0.796 bits per heavy atom. The Kier molecular flexibility index (Phi) is 6.58. The van der Waals surface area contributed by atoms with Crippen molar-refractivity contribution in [2.24, 2.45) is 0 Å². The molecule has 1 aromatic heterocycles. The van der Waals surface area contributed by atoms with Gasteiger partial charge in [-0.2, -0.15) is 0 Å². The fraction of sp³-hybridized carbons (Fsp3) is 0. The second-order valence-corrected chi connectivity index (χ2v) is 13.3. The zero-order valence-corrected chi connectivity index (χ0v) is 29.0. The molecule has 0 aliphatic carbocycles. The molecule has 0 aliphatic rings. The van der Waals surface area contributed by atoms with E-state index in [2.05, 4.69) is 91.0 Å². The molecule has 3 nitrogen and oxygen atoms in total. The summed E-state index contributed by atoms with van der Waals surface area (Å²) in [4.78, 5) is 15.0. The van der Waals surface area contributed by atoms with Gasteiger partial charge in [-0.25, -0.2) is 15.0 Å². The Labute approximate surface area is 321 Å². The molecule has 10 rings (SSSR count). The number of benzene rings is 9. The third-order valence-electron chi connectivity index (χ3n) is 9.97. The molecule has 0 aliphatic heterocycles. The van der Waals surface area contributed by atoms with E-state index in [4.69, 9.17) is 21.8 Å². The molecular formula is C51H33N3. The summed E-state index contributed by atoms with van der Waals surface area (Å²) in [5, 5.41) is 6.50. The van der Waals surface area contributed by atoms with E-state index in [1.54, 1.807) is 6.07 Å². The zero-order valence-electron chi connectivity index (χ0n) is 34.0. The van der Waals surface area contributed by atoms with Gasteiger partial charge in [0.25, 0.3) is 0 Å². The van der Waals surface area contributed by atoms with Crippen LogP contribution in [0.15, 0.2) is 200 Å². The van der Waals surface area contributed by atoms with Gasteiger partial charge in [0.15, 0.2) is 17.5 Å². The van der Waals surface area contributed by atoms with Crippen LogP contribution in [0.3, 0.4) is 0 Å². The van der Waals surface area contributed by atoms with Crippen molar-refractivity contribution in [1.82, 2.24) is 15.0 Å². The van der Waals surface area contributed by atoms with Crippen LogP contribution in [0.25, 0.3) is 99.9 Å². The smallest absolute Gasteiger partial charge is 0.164 e. The SMILES string of the molecule is [2H]c1c([2H])c([2H])c(-c2ccc3cc(-c4nc(-c5ccccc5)nc(-c5cccc(-c6cccc7cc(-c8cccc9ccccc89)ccc67)c5)n4)ccc3c2)c([2H])c1[2H]. The van der Waals surface area contributed by atoms with Gasteiger partial charge in [-0.3, -0.25) is 0 Å². The van der Waals surface area contributed by atoms with E-state index < -0.39 is 6.04 Å². The minimum absolute atomic E-state index is 0.174. The third kappa shape index (κ3) is 5.88. The fourth-order valence-electron chi connectivity index (χ4n) is 7.29. The zero-order chi connectivity index (χ0) is 40.2. The van der Waals surface area contributed by atoms with E-state index >= 15 is 0 Å². The van der Waals surface area contributed by atoms with E-state index in [-0.39, 0.29) is 29.7 Å². The molecule has 9 aromatic carbocycles. The van der Waals surface area contributed by atoms with Gasteiger partial charge in [0.2, 0.25) is 0 Å². The molecule has 0 bridgehead atoms. The molecule has 0 N–H and O–H groups in total. The Balaban J connectivity index is 1.05. The van der Waals surface area contributed by atoms with Gasteiger partial charge in [-0.1, -0.05) is 176 Å². The van der Waals surface area contributed by atoms with Crippen LogP contribution >= 0.6 is 0 Å². The Hall–Kier alpha value is -7.23. The van der Waals surface area contributed by atoms with Gasteiger partial charge < -0.3 is 0 Å². The largest absolute Gasteiger partial charge is 0.208 e. The molecule has 0 saturated carbocycles. The fourth-order valence-corrected chi connectivity index (χ4v) is 7.29. The van der Waals surface area contributed by atoms with Gasteiger partial charge in [-0.15, -0.1) is 0 Å². The highest BCUT2D eigenvalue weighted by Gasteiger charge is 2.15. The third-order valence-corrected chi connectivity index (χ3v) is 9.97. The van der Waals surface area contributed by atoms with Crippen molar-refractivity contribution in [1.29, 1.82) is 0 Å². The summed E-state index contributed by atoms with van der Waals surface area (Å²) in [6.07, 6.45) is 0. The van der Waals surface area contributed by atoms with Gasteiger partial charge in [0.05, 0.1) is 6.85 Å². The van der Waals surface area contributed by atoms with E-state index in [1.165, 1.54) is 21.9 Å². The molecule has 0 unspecified atom stereocenters. The van der Waals surface area contributed by atoms with Crippen molar-refractivity contribution in [3.63, 3.8) is 0 Å². The molecular weight excluding hydrogens is 655 g/mol. The predicted octanol–water partition coefficient (Wildman–Crippen LogP) is 13.3. The lowest BCUT2D eigenvalue weighted by molar-refractivity contribution is 1.07. The van der Waals surface area contributed by atoms with Crippen molar-refractivity contribution in [3.8, 4) is 67.5 Å². The molecule has 252 valence electrons. The maximum atomic E-state index is 8.47. The summed E-state index contributed by atoms with van der Waals surface area (Å²) in [5.41, 5.74) is 7.79. The maximum absolute atomic E-state index is 8.47. The lowest BCUT2D eigenvalue weighted by Gasteiger charge is -2.12. The van der Waals surface area contributed by atoms with Gasteiger partial charge in [0.1, 0.15) is 0 Å². The predicted molar refractivity (Wildman–Crippen MR) is 225 cm³/mol. The first kappa shape index (κ1) is 26.5. The van der Waals surface area contributed by atoms with Crippen molar-refractivity contribution < 1.29 is 6.85 Å². The first-order valence-electron chi connectivity index (χ1n) is 20.4. The summed E-state index contributed by atoms with van der Waals surface area (Å²) in [5.74, 6) is 1.62. The molecule has 0 atom stereocenters. The van der Waals surface area contributed by atoms with Crippen molar-refractivity contribution >= 4 is 32.3 Å². The van der Waals surface area contributed by atoms with E-state index in [1.807, 2.05) is 72.8 Å². The average Bonchev–Trinajstić information content (AvgIpc) is 3.29. The van der Waals surface area contributed by atoms with E-state index in [9.17, 15) is 0 Å². The second kappa shape index (κ2) is 13.4. The van der Waals surface area contributed by atoms with Crippen molar-refractivity contribution in [3.05, 3.63) is 200 Å². The Bertz CT molecular complexity index is 3260.